The minimum absolute atomic E-state index is 0.0472. The van der Waals surface area contributed by atoms with Crippen LogP contribution in [0.4, 0.5) is 0 Å². The third-order valence-electron chi connectivity index (χ3n) is 6.14. The van der Waals surface area contributed by atoms with Crippen molar-refractivity contribution in [2.75, 3.05) is 6.61 Å². The van der Waals surface area contributed by atoms with Crippen molar-refractivity contribution in [3.05, 3.63) is 108 Å². The van der Waals surface area contributed by atoms with Gasteiger partial charge in [-0.25, -0.2) is 0 Å². The lowest BCUT2D eigenvalue weighted by Crippen LogP contribution is -2.29. The van der Waals surface area contributed by atoms with E-state index < -0.39 is 5.60 Å². The van der Waals surface area contributed by atoms with E-state index in [1.165, 1.54) is 0 Å². The summed E-state index contributed by atoms with van der Waals surface area (Å²) in [6.07, 6.45) is 2.80. The lowest BCUT2D eigenvalue weighted by atomic mass is 9.78. The zero-order chi connectivity index (χ0) is 22.0. The van der Waals surface area contributed by atoms with Gasteiger partial charge in [-0.15, -0.1) is 0 Å². The van der Waals surface area contributed by atoms with Crippen LogP contribution in [0.5, 0.6) is 11.5 Å². The van der Waals surface area contributed by atoms with Crippen LogP contribution in [0.25, 0.3) is 10.8 Å². The second-order valence-electron chi connectivity index (χ2n) is 8.20. The van der Waals surface area contributed by atoms with E-state index in [1.807, 2.05) is 84.9 Å². The average Bonchev–Trinajstić information content (AvgIpc) is 2.85. The van der Waals surface area contributed by atoms with Crippen LogP contribution in [0, 0.1) is 0 Å². The van der Waals surface area contributed by atoms with Crippen molar-refractivity contribution >= 4 is 10.8 Å². The molecule has 1 heterocycles. The van der Waals surface area contributed by atoms with Crippen LogP contribution in [-0.4, -0.2) is 23.1 Å². The summed E-state index contributed by atoms with van der Waals surface area (Å²) >= 11 is 0. The predicted octanol–water partition coefficient (Wildman–Crippen LogP) is 5.74. The molecule has 0 spiro atoms. The Balaban J connectivity index is 1.62. The summed E-state index contributed by atoms with van der Waals surface area (Å²) in [6, 6.07) is 28.1. The Kier molecular flexibility index (Phi) is 5.56. The lowest BCUT2D eigenvalue weighted by Gasteiger charge is -2.32. The van der Waals surface area contributed by atoms with E-state index in [2.05, 4.69) is 0 Å². The lowest BCUT2D eigenvalue weighted by molar-refractivity contribution is -0.105. The Morgan fingerprint density at radius 3 is 2.25 bits per heavy atom. The smallest absolute Gasteiger partial charge is 0.199 e. The van der Waals surface area contributed by atoms with Gasteiger partial charge in [-0.2, -0.15) is 0 Å². The Hall–Kier alpha value is -3.34. The van der Waals surface area contributed by atoms with E-state index >= 15 is 0 Å². The number of aromatic hydroxyl groups is 1. The van der Waals surface area contributed by atoms with Crippen molar-refractivity contribution < 1.29 is 19.7 Å². The van der Waals surface area contributed by atoms with Gasteiger partial charge >= 0.3 is 0 Å². The molecular weight excluding hydrogens is 400 g/mol. The highest BCUT2D eigenvalue weighted by Crippen LogP contribution is 2.44. The fraction of sp³-hybridized carbons (Fsp3) is 0.214. The molecule has 5 rings (SSSR count). The molecule has 0 aliphatic carbocycles. The molecule has 4 aromatic rings. The van der Waals surface area contributed by atoms with Gasteiger partial charge in [0.2, 0.25) is 0 Å². The van der Waals surface area contributed by atoms with Gasteiger partial charge in [0, 0.05) is 12.0 Å². The molecule has 0 bridgehead atoms. The molecule has 1 aliphatic rings. The number of phenols is 1. The highest BCUT2D eigenvalue weighted by Gasteiger charge is 2.37. The normalized spacial score (nSPS) is 18.2. The molecule has 4 nitrogen and oxygen atoms in total. The van der Waals surface area contributed by atoms with E-state index in [-0.39, 0.29) is 12.0 Å². The quantitative estimate of drug-likeness (QED) is 0.400. The van der Waals surface area contributed by atoms with Crippen molar-refractivity contribution in [3.63, 3.8) is 0 Å². The highest BCUT2D eigenvalue weighted by atomic mass is 16.7. The number of rotatable bonds is 5. The van der Waals surface area contributed by atoms with E-state index in [4.69, 9.17) is 9.47 Å². The van der Waals surface area contributed by atoms with Crippen molar-refractivity contribution in [2.24, 2.45) is 0 Å². The zero-order valence-corrected chi connectivity index (χ0v) is 17.8. The van der Waals surface area contributed by atoms with Crippen molar-refractivity contribution in [3.8, 4) is 11.5 Å². The molecule has 1 aliphatic heterocycles. The summed E-state index contributed by atoms with van der Waals surface area (Å²) in [5.41, 5.74) is 0.237. The average molecular weight is 427 g/mol. The topological polar surface area (TPSA) is 58.9 Å². The van der Waals surface area contributed by atoms with E-state index in [0.29, 0.717) is 22.4 Å². The van der Waals surface area contributed by atoms with Gasteiger partial charge in [0.05, 0.1) is 6.61 Å². The Morgan fingerprint density at radius 1 is 0.781 bits per heavy atom. The van der Waals surface area contributed by atoms with Gasteiger partial charge < -0.3 is 19.7 Å². The van der Waals surface area contributed by atoms with Gasteiger partial charge in [-0.1, -0.05) is 72.8 Å². The van der Waals surface area contributed by atoms with Gasteiger partial charge in [0.15, 0.2) is 6.29 Å². The molecule has 1 saturated heterocycles. The summed E-state index contributed by atoms with van der Waals surface area (Å²) in [5.74, 6) is 0.740. The summed E-state index contributed by atoms with van der Waals surface area (Å²) in [5, 5.41) is 25.0. The first-order chi connectivity index (χ1) is 15.7. The van der Waals surface area contributed by atoms with Crippen molar-refractivity contribution in [1.82, 2.24) is 0 Å². The molecule has 1 fully saturated rings. The summed E-state index contributed by atoms with van der Waals surface area (Å²) < 4.78 is 11.7. The van der Waals surface area contributed by atoms with Crippen LogP contribution in [0.1, 0.15) is 36.0 Å². The summed E-state index contributed by atoms with van der Waals surface area (Å²) in [6.45, 7) is 0.719. The van der Waals surface area contributed by atoms with Gasteiger partial charge in [-0.3, -0.25) is 0 Å². The number of phenolic OH excluding ortho intramolecular Hbond substituents is 1. The Bertz CT molecular complexity index is 1200. The second-order valence-corrected chi connectivity index (χ2v) is 8.20. The second kappa shape index (κ2) is 8.65. The first-order valence-electron chi connectivity index (χ1n) is 11.0. The predicted molar refractivity (Wildman–Crippen MR) is 125 cm³/mol. The third-order valence-corrected chi connectivity index (χ3v) is 6.14. The standard InChI is InChI=1S/C28H26O4/c29-25-18-13-20-8-4-5-11-24(20)27(25)28(30,21-9-2-1-3-10-21)22-14-16-23(17-15-22)32-26-12-6-7-19-31-26/h1-5,8-11,13-18,26,29-30H,6-7,12,19H2. The summed E-state index contributed by atoms with van der Waals surface area (Å²) in [7, 11) is 0. The Morgan fingerprint density at radius 2 is 1.50 bits per heavy atom. The van der Waals surface area contributed by atoms with Crippen molar-refractivity contribution in [1.29, 1.82) is 0 Å². The largest absolute Gasteiger partial charge is 0.508 e. The highest BCUT2D eigenvalue weighted by molar-refractivity contribution is 5.89. The maximum Gasteiger partial charge on any atom is 0.199 e. The monoisotopic (exact) mass is 426 g/mol. The summed E-state index contributed by atoms with van der Waals surface area (Å²) in [4.78, 5) is 0. The number of fused-ring (bicyclic) bond motifs is 1. The molecular formula is C28H26O4. The van der Waals surface area contributed by atoms with E-state index in [1.54, 1.807) is 6.07 Å². The first-order valence-corrected chi connectivity index (χ1v) is 11.0. The number of ether oxygens (including phenoxy) is 2. The molecule has 2 unspecified atom stereocenters. The molecule has 0 saturated carbocycles. The number of benzene rings is 4. The molecule has 4 heteroatoms. The molecule has 4 aromatic carbocycles. The SMILES string of the molecule is Oc1ccc2ccccc2c1C(O)(c1ccccc1)c1ccc(OC2CCCCO2)cc1. The molecule has 0 aromatic heterocycles. The third kappa shape index (κ3) is 3.72. The number of aliphatic hydroxyl groups is 1. The Labute approximate surface area is 187 Å². The molecule has 162 valence electrons. The van der Waals surface area contributed by atoms with Gasteiger partial charge in [-0.05, 0) is 52.9 Å². The van der Waals surface area contributed by atoms with Crippen molar-refractivity contribution in [2.45, 2.75) is 31.2 Å². The van der Waals surface area contributed by atoms with Gasteiger partial charge in [0.25, 0.3) is 0 Å². The van der Waals surface area contributed by atoms with Crippen LogP contribution in [0.2, 0.25) is 0 Å². The molecule has 2 atom stereocenters. The van der Waals surface area contributed by atoms with Gasteiger partial charge in [0.1, 0.15) is 17.1 Å². The zero-order valence-electron chi connectivity index (χ0n) is 17.8. The maximum atomic E-state index is 12.3. The van der Waals surface area contributed by atoms with Crippen LogP contribution in [0.15, 0.2) is 91.0 Å². The minimum atomic E-state index is -1.55. The fourth-order valence-corrected chi connectivity index (χ4v) is 4.51. The van der Waals surface area contributed by atoms with Crippen LogP contribution < -0.4 is 4.74 Å². The first kappa shape index (κ1) is 20.6. The fourth-order valence-electron chi connectivity index (χ4n) is 4.51. The molecule has 0 radical (unpaired) electrons. The van der Waals surface area contributed by atoms with Crippen LogP contribution in [0.3, 0.4) is 0 Å². The minimum Gasteiger partial charge on any atom is -0.508 e. The van der Waals surface area contributed by atoms with E-state index in [0.717, 1.165) is 36.6 Å². The van der Waals surface area contributed by atoms with Crippen LogP contribution in [-0.2, 0) is 10.3 Å². The molecule has 2 N–H and O–H groups in total. The molecule has 32 heavy (non-hydrogen) atoms. The molecule has 0 amide bonds. The maximum absolute atomic E-state index is 12.3. The van der Waals surface area contributed by atoms with E-state index in [9.17, 15) is 10.2 Å². The number of hydrogen-bond donors (Lipinski definition) is 2. The van der Waals surface area contributed by atoms with Crippen LogP contribution >= 0.6 is 0 Å². The number of hydrogen-bond acceptors (Lipinski definition) is 4.